The number of hydrogen-bond donors (Lipinski definition) is 3. The van der Waals surface area contributed by atoms with E-state index in [4.69, 9.17) is 17.3 Å². The average molecular weight is 388 g/mol. The van der Waals surface area contributed by atoms with Crippen molar-refractivity contribution in [2.45, 2.75) is 32.4 Å². The van der Waals surface area contributed by atoms with E-state index in [2.05, 4.69) is 10.6 Å². The minimum absolute atomic E-state index is 0.185. The highest BCUT2D eigenvalue weighted by Crippen LogP contribution is 2.18. The SMILES string of the molecule is CCCC(=O)NC(C(=O)NCc1ccc(C(N)=O)c(Cl)c1)c1ccccc1. The highest BCUT2D eigenvalue weighted by molar-refractivity contribution is 6.33. The summed E-state index contributed by atoms with van der Waals surface area (Å²) >= 11 is 6.03. The molecule has 1 atom stereocenters. The van der Waals surface area contributed by atoms with Crippen LogP contribution in [0.4, 0.5) is 0 Å². The third kappa shape index (κ3) is 5.82. The van der Waals surface area contributed by atoms with Gasteiger partial charge in [-0.05, 0) is 29.7 Å². The maximum absolute atomic E-state index is 12.7. The van der Waals surface area contributed by atoms with E-state index in [1.165, 1.54) is 6.07 Å². The second kappa shape index (κ2) is 9.73. The summed E-state index contributed by atoms with van der Waals surface area (Å²) in [7, 11) is 0. The highest BCUT2D eigenvalue weighted by atomic mass is 35.5. The number of benzene rings is 2. The molecule has 2 rings (SSSR count). The molecular weight excluding hydrogens is 366 g/mol. The van der Waals surface area contributed by atoms with Crippen LogP contribution in [0.2, 0.25) is 5.02 Å². The largest absolute Gasteiger partial charge is 0.366 e. The first-order chi connectivity index (χ1) is 12.9. The molecule has 3 amide bonds. The maximum atomic E-state index is 12.7. The van der Waals surface area contributed by atoms with E-state index < -0.39 is 11.9 Å². The Morgan fingerprint density at radius 3 is 2.41 bits per heavy atom. The quantitative estimate of drug-likeness (QED) is 0.649. The fourth-order valence-corrected chi connectivity index (χ4v) is 2.86. The molecule has 2 aromatic rings. The van der Waals surface area contributed by atoms with Gasteiger partial charge in [0.15, 0.2) is 0 Å². The molecule has 0 saturated heterocycles. The summed E-state index contributed by atoms with van der Waals surface area (Å²) in [5, 5.41) is 5.79. The Morgan fingerprint density at radius 2 is 1.81 bits per heavy atom. The first kappa shape index (κ1) is 20.5. The second-order valence-electron chi connectivity index (χ2n) is 6.06. The predicted octanol–water partition coefficient (Wildman–Crippen LogP) is 2.71. The van der Waals surface area contributed by atoms with Crippen molar-refractivity contribution in [3.05, 3.63) is 70.2 Å². The van der Waals surface area contributed by atoms with Crippen LogP contribution in [0, 0.1) is 0 Å². The van der Waals surface area contributed by atoms with Crippen molar-refractivity contribution in [2.75, 3.05) is 0 Å². The van der Waals surface area contributed by atoms with Gasteiger partial charge in [0.2, 0.25) is 17.7 Å². The first-order valence-electron chi connectivity index (χ1n) is 8.62. The third-order valence-electron chi connectivity index (χ3n) is 3.94. The molecule has 0 aromatic heterocycles. The van der Waals surface area contributed by atoms with Crippen LogP contribution in [0.5, 0.6) is 0 Å². The van der Waals surface area contributed by atoms with Gasteiger partial charge in [0.25, 0.3) is 0 Å². The van der Waals surface area contributed by atoms with Crippen LogP contribution in [-0.4, -0.2) is 17.7 Å². The van der Waals surface area contributed by atoms with Crippen LogP contribution < -0.4 is 16.4 Å². The van der Waals surface area contributed by atoms with Gasteiger partial charge in [0, 0.05) is 13.0 Å². The number of carbonyl (C=O) groups excluding carboxylic acids is 3. The van der Waals surface area contributed by atoms with Crippen molar-refractivity contribution in [2.24, 2.45) is 5.73 Å². The molecule has 7 heteroatoms. The Balaban J connectivity index is 2.10. The zero-order valence-electron chi connectivity index (χ0n) is 15.0. The fourth-order valence-electron chi connectivity index (χ4n) is 2.57. The number of rotatable bonds is 8. The molecule has 0 aliphatic carbocycles. The topological polar surface area (TPSA) is 101 Å². The van der Waals surface area contributed by atoms with Gasteiger partial charge in [-0.1, -0.05) is 54.9 Å². The van der Waals surface area contributed by atoms with E-state index >= 15 is 0 Å². The molecule has 27 heavy (non-hydrogen) atoms. The lowest BCUT2D eigenvalue weighted by molar-refractivity contribution is -0.129. The summed E-state index contributed by atoms with van der Waals surface area (Å²) in [4.78, 5) is 35.9. The lowest BCUT2D eigenvalue weighted by atomic mass is 10.1. The maximum Gasteiger partial charge on any atom is 0.250 e. The molecule has 142 valence electrons. The van der Waals surface area contributed by atoms with Crippen molar-refractivity contribution in [1.29, 1.82) is 0 Å². The van der Waals surface area contributed by atoms with E-state index in [1.54, 1.807) is 24.3 Å². The molecule has 4 N–H and O–H groups in total. The Kier molecular flexibility index (Phi) is 7.37. The number of hydrogen-bond acceptors (Lipinski definition) is 3. The molecule has 0 aliphatic rings. The van der Waals surface area contributed by atoms with Crippen molar-refractivity contribution >= 4 is 29.3 Å². The minimum atomic E-state index is -0.786. The van der Waals surface area contributed by atoms with Crippen LogP contribution in [0.3, 0.4) is 0 Å². The molecule has 0 spiro atoms. The van der Waals surface area contributed by atoms with Crippen LogP contribution in [-0.2, 0) is 16.1 Å². The van der Waals surface area contributed by atoms with E-state index in [0.717, 1.165) is 0 Å². The van der Waals surface area contributed by atoms with Gasteiger partial charge in [-0.25, -0.2) is 0 Å². The van der Waals surface area contributed by atoms with E-state index in [0.29, 0.717) is 24.0 Å². The molecule has 0 saturated carbocycles. The fraction of sp³-hybridized carbons (Fsp3) is 0.250. The second-order valence-corrected chi connectivity index (χ2v) is 6.46. The van der Waals surface area contributed by atoms with Crippen molar-refractivity contribution in [3.63, 3.8) is 0 Å². The molecule has 2 aromatic carbocycles. The number of carbonyl (C=O) groups is 3. The molecule has 0 radical (unpaired) electrons. The Bertz CT molecular complexity index is 824. The lowest BCUT2D eigenvalue weighted by Gasteiger charge is -2.19. The monoisotopic (exact) mass is 387 g/mol. The van der Waals surface area contributed by atoms with E-state index in [1.807, 2.05) is 25.1 Å². The lowest BCUT2D eigenvalue weighted by Crippen LogP contribution is -2.40. The van der Waals surface area contributed by atoms with Crippen LogP contribution in [0.25, 0.3) is 0 Å². The summed E-state index contributed by atoms with van der Waals surface area (Å²) in [5.74, 6) is -1.13. The number of amides is 3. The van der Waals surface area contributed by atoms with E-state index in [-0.39, 0.29) is 28.9 Å². The summed E-state index contributed by atoms with van der Waals surface area (Å²) in [5.41, 5.74) is 6.86. The third-order valence-corrected chi connectivity index (χ3v) is 4.26. The van der Waals surface area contributed by atoms with Gasteiger partial charge in [-0.2, -0.15) is 0 Å². The number of primary amides is 1. The van der Waals surface area contributed by atoms with Crippen LogP contribution in [0.1, 0.15) is 47.3 Å². The van der Waals surface area contributed by atoms with Crippen molar-refractivity contribution < 1.29 is 14.4 Å². The molecular formula is C20H22ClN3O3. The smallest absolute Gasteiger partial charge is 0.250 e. The zero-order chi connectivity index (χ0) is 19.8. The standard InChI is InChI=1S/C20H22ClN3O3/c1-2-6-17(25)24-18(14-7-4-3-5-8-14)20(27)23-12-13-9-10-15(19(22)26)16(21)11-13/h3-5,7-11,18H,2,6,12H2,1H3,(H2,22,26)(H,23,27)(H,24,25). The zero-order valence-corrected chi connectivity index (χ0v) is 15.8. The molecule has 0 fully saturated rings. The van der Waals surface area contributed by atoms with Gasteiger partial charge in [0.1, 0.15) is 6.04 Å². The summed E-state index contributed by atoms with van der Waals surface area (Å²) in [6, 6.07) is 13.0. The van der Waals surface area contributed by atoms with Gasteiger partial charge < -0.3 is 16.4 Å². The Hall–Kier alpha value is -2.86. The van der Waals surface area contributed by atoms with Gasteiger partial charge in [0.05, 0.1) is 10.6 Å². The molecule has 6 nitrogen and oxygen atoms in total. The number of nitrogens with one attached hydrogen (secondary N) is 2. The Labute approximate surface area is 163 Å². The van der Waals surface area contributed by atoms with E-state index in [9.17, 15) is 14.4 Å². The molecule has 0 aliphatic heterocycles. The van der Waals surface area contributed by atoms with Gasteiger partial charge in [-0.3, -0.25) is 14.4 Å². The van der Waals surface area contributed by atoms with Crippen LogP contribution >= 0.6 is 11.6 Å². The normalized spacial score (nSPS) is 11.5. The molecule has 1 unspecified atom stereocenters. The first-order valence-corrected chi connectivity index (χ1v) is 9.00. The predicted molar refractivity (Wildman–Crippen MR) is 104 cm³/mol. The molecule has 0 bridgehead atoms. The van der Waals surface area contributed by atoms with Gasteiger partial charge >= 0.3 is 0 Å². The van der Waals surface area contributed by atoms with Gasteiger partial charge in [-0.15, -0.1) is 0 Å². The summed E-state index contributed by atoms with van der Waals surface area (Å²) < 4.78 is 0. The summed E-state index contributed by atoms with van der Waals surface area (Å²) in [6.45, 7) is 2.10. The highest BCUT2D eigenvalue weighted by Gasteiger charge is 2.22. The number of halogens is 1. The Morgan fingerprint density at radius 1 is 1.11 bits per heavy atom. The number of nitrogens with two attached hydrogens (primary N) is 1. The molecule has 0 heterocycles. The summed E-state index contributed by atoms with van der Waals surface area (Å²) in [6.07, 6.45) is 1.04. The minimum Gasteiger partial charge on any atom is -0.366 e. The average Bonchev–Trinajstić information content (AvgIpc) is 2.65. The van der Waals surface area contributed by atoms with Crippen LogP contribution in [0.15, 0.2) is 48.5 Å². The van der Waals surface area contributed by atoms with Crippen molar-refractivity contribution in [1.82, 2.24) is 10.6 Å². The van der Waals surface area contributed by atoms with Crippen molar-refractivity contribution in [3.8, 4) is 0 Å².